The SMILES string of the molecule is CCN(c1cccc(C)c1)c1cnnc(Nc2ccccc2Cl)n1. The third-order valence-electron chi connectivity index (χ3n) is 3.57. The van der Waals surface area contributed by atoms with Gasteiger partial charge in [0.15, 0.2) is 5.82 Å². The van der Waals surface area contributed by atoms with Crippen molar-refractivity contribution >= 4 is 34.7 Å². The van der Waals surface area contributed by atoms with Gasteiger partial charge in [-0.15, -0.1) is 5.10 Å². The predicted molar refractivity (Wildman–Crippen MR) is 98.4 cm³/mol. The average Bonchev–Trinajstić information content (AvgIpc) is 2.58. The van der Waals surface area contributed by atoms with Crippen LogP contribution < -0.4 is 10.2 Å². The van der Waals surface area contributed by atoms with Crippen molar-refractivity contribution in [1.29, 1.82) is 0 Å². The van der Waals surface area contributed by atoms with Gasteiger partial charge in [-0.05, 0) is 43.7 Å². The molecule has 0 aliphatic carbocycles. The van der Waals surface area contributed by atoms with Gasteiger partial charge in [0, 0.05) is 12.2 Å². The van der Waals surface area contributed by atoms with Gasteiger partial charge in [0.05, 0.1) is 16.9 Å². The van der Waals surface area contributed by atoms with Crippen molar-refractivity contribution in [3.63, 3.8) is 0 Å². The molecule has 0 amide bonds. The fourth-order valence-corrected chi connectivity index (χ4v) is 2.62. The standard InChI is InChI=1S/C18H18ClN5/c1-3-24(14-8-6-7-13(2)11-14)17-12-20-23-18(22-17)21-16-10-5-4-9-15(16)19/h4-12H,3H2,1-2H3,(H,21,22,23). The largest absolute Gasteiger partial charge is 0.325 e. The number of nitrogens with one attached hydrogen (secondary N) is 1. The number of rotatable bonds is 5. The molecule has 0 bridgehead atoms. The number of aromatic nitrogens is 3. The smallest absolute Gasteiger partial charge is 0.249 e. The van der Waals surface area contributed by atoms with Crippen LogP contribution in [0.15, 0.2) is 54.7 Å². The Kier molecular flexibility index (Phi) is 4.91. The molecule has 0 saturated carbocycles. The van der Waals surface area contributed by atoms with E-state index in [0.717, 1.165) is 23.7 Å². The first-order chi connectivity index (χ1) is 11.7. The van der Waals surface area contributed by atoms with Gasteiger partial charge >= 0.3 is 0 Å². The quantitative estimate of drug-likeness (QED) is 0.728. The summed E-state index contributed by atoms with van der Waals surface area (Å²) in [4.78, 5) is 6.65. The van der Waals surface area contributed by atoms with E-state index in [1.54, 1.807) is 6.20 Å². The second kappa shape index (κ2) is 7.27. The highest BCUT2D eigenvalue weighted by atomic mass is 35.5. The van der Waals surface area contributed by atoms with Crippen molar-refractivity contribution in [3.05, 3.63) is 65.3 Å². The van der Waals surface area contributed by atoms with Crippen LogP contribution in [0.1, 0.15) is 12.5 Å². The van der Waals surface area contributed by atoms with E-state index >= 15 is 0 Å². The zero-order valence-corrected chi connectivity index (χ0v) is 14.3. The van der Waals surface area contributed by atoms with Gasteiger partial charge in [-0.25, -0.2) is 0 Å². The molecule has 0 spiro atoms. The average molecular weight is 340 g/mol. The summed E-state index contributed by atoms with van der Waals surface area (Å²) in [6.45, 7) is 4.92. The first-order valence-electron chi connectivity index (χ1n) is 7.73. The third-order valence-corrected chi connectivity index (χ3v) is 3.90. The summed E-state index contributed by atoms with van der Waals surface area (Å²) >= 11 is 6.17. The highest BCUT2D eigenvalue weighted by Crippen LogP contribution is 2.26. The van der Waals surface area contributed by atoms with Crippen LogP contribution in [0.4, 0.5) is 23.1 Å². The minimum Gasteiger partial charge on any atom is -0.325 e. The Labute approximate surface area is 146 Å². The monoisotopic (exact) mass is 339 g/mol. The Bertz CT molecular complexity index is 837. The molecule has 6 heteroatoms. The van der Waals surface area contributed by atoms with Crippen molar-refractivity contribution in [2.45, 2.75) is 13.8 Å². The Hall–Kier alpha value is -2.66. The molecule has 1 N–H and O–H groups in total. The lowest BCUT2D eigenvalue weighted by Gasteiger charge is -2.22. The molecule has 122 valence electrons. The van der Waals surface area contributed by atoms with Gasteiger partial charge < -0.3 is 10.2 Å². The maximum absolute atomic E-state index is 6.17. The molecule has 0 atom stereocenters. The van der Waals surface area contributed by atoms with Gasteiger partial charge in [0.25, 0.3) is 0 Å². The molecule has 0 aliphatic rings. The molecular weight excluding hydrogens is 322 g/mol. The predicted octanol–water partition coefficient (Wildman–Crippen LogP) is 4.74. The van der Waals surface area contributed by atoms with Gasteiger partial charge in [0.1, 0.15) is 0 Å². The number of nitrogens with zero attached hydrogens (tertiary/aromatic N) is 4. The molecule has 3 rings (SSSR count). The zero-order valence-electron chi connectivity index (χ0n) is 13.6. The maximum atomic E-state index is 6.17. The van der Waals surface area contributed by atoms with E-state index in [1.807, 2.05) is 30.3 Å². The lowest BCUT2D eigenvalue weighted by atomic mass is 10.2. The lowest BCUT2D eigenvalue weighted by Crippen LogP contribution is -2.18. The molecule has 1 aromatic heterocycles. The fourth-order valence-electron chi connectivity index (χ4n) is 2.43. The maximum Gasteiger partial charge on any atom is 0.249 e. The Morgan fingerprint density at radius 3 is 2.71 bits per heavy atom. The van der Waals surface area contributed by atoms with Crippen LogP contribution in [-0.2, 0) is 0 Å². The van der Waals surface area contributed by atoms with Gasteiger partial charge in [-0.2, -0.15) is 10.1 Å². The second-order valence-electron chi connectivity index (χ2n) is 5.33. The number of halogens is 1. The molecule has 0 unspecified atom stereocenters. The molecular formula is C18H18ClN5. The van der Waals surface area contributed by atoms with E-state index in [1.165, 1.54) is 5.56 Å². The molecule has 2 aromatic carbocycles. The highest BCUT2D eigenvalue weighted by molar-refractivity contribution is 6.33. The molecule has 0 radical (unpaired) electrons. The first kappa shape index (κ1) is 16.2. The van der Waals surface area contributed by atoms with Crippen LogP contribution in [0.3, 0.4) is 0 Å². The van der Waals surface area contributed by atoms with E-state index in [0.29, 0.717) is 11.0 Å². The normalized spacial score (nSPS) is 10.5. The van der Waals surface area contributed by atoms with Gasteiger partial charge in [0.2, 0.25) is 5.95 Å². The molecule has 3 aromatic rings. The van der Waals surface area contributed by atoms with Gasteiger partial charge in [-0.1, -0.05) is 35.9 Å². The van der Waals surface area contributed by atoms with Crippen LogP contribution in [0.25, 0.3) is 0 Å². The number of benzene rings is 2. The van der Waals surface area contributed by atoms with Crippen LogP contribution in [0, 0.1) is 6.92 Å². The topological polar surface area (TPSA) is 53.9 Å². The summed E-state index contributed by atoms with van der Waals surface area (Å²) in [5.74, 6) is 1.14. The van der Waals surface area contributed by atoms with E-state index in [9.17, 15) is 0 Å². The van der Waals surface area contributed by atoms with E-state index < -0.39 is 0 Å². The van der Waals surface area contributed by atoms with E-state index in [2.05, 4.69) is 57.4 Å². The minimum atomic E-state index is 0.409. The van der Waals surface area contributed by atoms with Crippen molar-refractivity contribution in [2.24, 2.45) is 0 Å². The van der Waals surface area contributed by atoms with Crippen molar-refractivity contribution in [2.75, 3.05) is 16.8 Å². The van der Waals surface area contributed by atoms with Crippen molar-refractivity contribution in [3.8, 4) is 0 Å². The molecule has 0 aliphatic heterocycles. The zero-order chi connectivity index (χ0) is 16.9. The summed E-state index contributed by atoms with van der Waals surface area (Å²) in [6, 6.07) is 15.7. The van der Waals surface area contributed by atoms with E-state index in [-0.39, 0.29) is 0 Å². The second-order valence-corrected chi connectivity index (χ2v) is 5.73. The highest BCUT2D eigenvalue weighted by Gasteiger charge is 2.11. The van der Waals surface area contributed by atoms with Crippen LogP contribution in [0.5, 0.6) is 0 Å². The summed E-state index contributed by atoms with van der Waals surface area (Å²) in [6.07, 6.45) is 1.66. The Balaban J connectivity index is 1.90. The Morgan fingerprint density at radius 2 is 1.96 bits per heavy atom. The molecule has 24 heavy (non-hydrogen) atoms. The molecule has 5 nitrogen and oxygen atoms in total. The van der Waals surface area contributed by atoms with Crippen LogP contribution in [0.2, 0.25) is 5.02 Å². The summed E-state index contributed by atoms with van der Waals surface area (Å²) in [7, 11) is 0. The minimum absolute atomic E-state index is 0.409. The summed E-state index contributed by atoms with van der Waals surface area (Å²) < 4.78 is 0. The molecule has 1 heterocycles. The summed E-state index contributed by atoms with van der Waals surface area (Å²) in [5, 5.41) is 11.8. The number of hydrogen-bond donors (Lipinski definition) is 1. The van der Waals surface area contributed by atoms with Gasteiger partial charge in [-0.3, -0.25) is 0 Å². The van der Waals surface area contributed by atoms with E-state index in [4.69, 9.17) is 11.6 Å². The van der Waals surface area contributed by atoms with Crippen LogP contribution >= 0.6 is 11.6 Å². The Morgan fingerprint density at radius 1 is 1.12 bits per heavy atom. The van der Waals surface area contributed by atoms with Crippen molar-refractivity contribution in [1.82, 2.24) is 15.2 Å². The third kappa shape index (κ3) is 3.63. The number of para-hydroxylation sites is 1. The lowest BCUT2D eigenvalue weighted by molar-refractivity contribution is 0.921. The number of aryl methyl sites for hydroxylation is 1. The first-order valence-corrected chi connectivity index (χ1v) is 8.10. The molecule has 0 saturated heterocycles. The number of anilines is 4. The molecule has 0 fully saturated rings. The van der Waals surface area contributed by atoms with Crippen molar-refractivity contribution < 1.29 is 0 Å². The summed E-state index contributed by atoms with van der Waals surface area (Å²) in [5.41, 5.74) is 3.01. The number of hydrogen-bond acceptors (Lipinski definition) is 5. The fraction of sp³-hybridized carbons (Fsp3) is 0.167. The van der Waals surface area contributed by atoms with Crippen LogP contribution in [-0.4, -0.2) is 21.7 Å².